The van der Waals surface area contributed by atoms with Crippen LogP contribution in [0.2, 0.25) is 0 Å². The third-order valence-electron chi connectivity index (χ3n) is 4.41. The molecule has 0 heterocycles. The fraction of sp³-hybridized carbons (Fsp3) is 0.941. The highest BCUT2D eigenvalue weighted by molar-refractivity contribution is 5.80. The van der Waals surface area contributed by atoms with Gasteiger partial charge in [-0.3, -0.25) is 4.79 Å². The van der Waals surface area contributed by atoms with E-state index >= 15 is 0 Å². The maximum absolute atomic E-state index is 12.2. The average molecular weight is 299 g/mol. The average Bonchev–Trinajstić information content (AvgIpc) is 2.47. The summed E-state index contributed by atoms with van der Waals surface area (Å²) in [5.74, 6) is 0.667. The van der Waals surface area contributed by atoms with E-state index in [4.69, 9.17) is 9.47 Å². The van der Waals surface area contributed by atoms with Gasteiger partial charge in [0, 0.05) is 6.61 Å². The smallest absolute Gasteiger partial charge is 0.326 e. The Morgan fingerprint density at radius 2 is 1.90 bits per heavy atom. The van der Waals surface area contributed by atoms with Crippen LogP contribution in [0, 0.1) is 5.92 Å². The topological polar surface area (TPSA) is 47.6 Å². The molecule has 21 heavy (non-hydrogen) atoms. The minimum Gasteiger partial charge on any atom is -0.465 e. The molecular weight excluding hydrogens is 266 g/mol. The van der Waals surface area contributed by atoms with Gasteiger partial charge in [0.2, 0.25) is 0 Å². The van der Waals surface area contributed by atoms with Crippen molar-refractivity contribution in [2.24, 2.45) is 5.92 Å². The third-order valence-corrected chi connectivity index (χ3v) is 4.41. The lowest BCUT2D eigenvalue weighted by atomic mass is 9.89. The molecule has 0 spiro atoms. The van der Waals surface area contributed by atoms with Crippen LogP contribution >= 0.6 is 0 Å². The zero-order chi connectivity index (χ0) is 15.7. The van der Waals surface area contributed by atoms with Gasteiger partial charge < -0.3 is 14.8 Å². The van der Waals surface area contributed by atoms with Crippen molar-refractivity contribution in [1.82, 2.24) is 5.32 Å². The summed E-state index contributed by atoms with van der Waals surface area (Å²) in [6, 6.07) is 0. The van der Waals surface area contributed by atoms with Crippen molar-refractivity contribution in [3.8, 4) is 0 Å². The number of carbonyl (C=O) groups excluding carboxylic acids is 1. The number of esters is 1. The molecule has 1 aliphatic rings. The molecule has 1 atom stereocenters. The van der Waals surface area contributed by atoms with Crippen LogP contribution in [0.15, 0.2) is 0 Å². The molecule has 0 aliphatic heterocycles. The highest BCUT2D eigenvalue weighted by Gasteiger charge is 2.34. The molecule has 0 aromatic rings. The van der Waals surface area contributed by atoms with Crippen LogP contribution in [0.1, 0.15) is 66.2 Å². The summed E-state index contributed by atoms with van der Waals surface area (Å²) in [6.07, 6.45) is 6.86. The van der Waals surface area contributed by atoms with Gasteiger partial charge in [0.05, 0.1) is 12.7 Å². The van der Waals surface area contributed by atoms with Crippen LogP contribution in [-0.2, 0) is 14.3 Å². The van der Waals surface area contributed by atoms with Gasteiger partial charge in [-0.2, -0.15) is 0 Å². The predicted octanol–water partition coefficient (Wildman–Crippen LogP) is 3.29. The summed E-state index contributed by atoms with van der Waals surface area (Å²) in [7, 11) is 0. The fourth-order valence-corrected chi connectivity index (χ4v) is 2.78. The van der Waals surface area contributed by atoms with Gasteiger partial charge in [0.15, 0.2) is 0 Å². The second-order valence-corrected chi connectivity index (χ2v) is 6.48. The molecule has 1 unspecified atom stereocenters. The first-order chi connectivity index (χ1) is 10.0. The molecular formula is C17H33NO3. The molecule has 0 bridgehead atoms. The van der Waals surface area contributed by atoms with E-state index < -0.39 is 5.54 Å². The van der Waals surface area contributed by atoms with Crippen molar-refractivity contribution in [2.75, 3.05) is 19.8 Å². The normalized spacial score (nSPS) is 25.3. The number of hydrogen-bond acceptors (Lipinski definition) is 4. The molecule has 1 fully saturated rings. The van der Waals surface area contributed by atoms with Crippen LogP contribution in [0.5, 0.6) is 0 Å². The number of rotatable bonds is 9. The van der Waals surface area contributed by atoms with Gasteiger partial charge in [-0.1, -0.05) is 13.8 Å². The Hall–Kier alpha value is -0.610. The van der Waals surface area contributed by atoms with Crippen molar-refractivity contribution >= 4 is 5.97 Å². The van der Waals surface area contributed by atoms with E-state index in [9.17, 15) is 4.79 Å². The maximum Gasteiger partial charge on any atom is 0.326 e. The van der Waals surface area contributed by atoms with Gasteiger partial charge in [-0.25, -0.2) is 0 Å². The summed E-state index contributed by atoms with van der Waals surface area (Å²) >= 11 is 0. The molecule has 1 saturated carbocycles. The van der Waals surface area contributed by atoms with E-state index in [-0.39, 0.29) is 5.97 Å². The Morgan fingerprint density at radius 3 is 2.48 bits per heavy atom. The lowest BCUT2D eigenvalue weighted by Gasteiger charge is -2.31. The van der Waals surface area contributed by atoms with Gasteiger partial charge in [-0.05, 0) is 64.8 Å². The van der Waals surface area contributed by atoms with Crippen LogP contribution in [0.25, 0.3) is 0 Å². The lowest BCUT2D eigenvalue weighted by molar-refractivity contribution is -0.151. The SMILES string of the molecule is CCCNC(C)(CCOC1CCC(C)CC1)C(=O)OCC. The zero-order valence-corrected chi connectivity index (χ0v) is 14.2. The van der Waals surface area contributed by atoms with E-state index in [1.807, 2.05) is 13.8 Å². The molecule has 4 heteroatoms. The monoisotopic (exact) mass is 299 g/mol. The van der Waals surface area contributed by atoms with Crippen molar-refractivity contribution in [2.45, 2.75) is 77.9 Å². The van der Waals surface area contributed by atoms with Gasteiger partial charge >= 0.3 is 5.97 Å². The van der Waals surface area contributed by atoms with Gasteiger partial charge in [0.1, 0.15) is 5.54 Å². The van der Waals surface area contributed by atoms with Crippen LogP contribution in [-0.4, -0.2) is 37.4 Å². The van der Waals surface area contributed by atoms with Crippen molar-refractivity contribution in [1.29, 1.82) is 0 Å². The van der Waals surface area contributed by atoms with Crippen LogP contribution in [0.4, 0.5) is 0 Å². The standard InChI is InChI=1S/C17H33NO3/c1-5-12-18-17(4,16(19)20-6-2)11-13-21-15-9-7-14(3)8-10-15/h14-15,18H,5-13H2,1-4H3. The third kappa shape index (κ3) is 6.35. The van der Waals surface area contributed by atoms with E-state index in [1.165, 1.54) is 12.8 Å². The Labute approximate surface area is 130 Å². The zero-order valence-electron chi connectivity index (χ0n) is 14.2. The summed E-state index contributed by atoms with van der Waals surface area (Å²) < 4.78 is 11.2. The summed E-state index contributed by atoms with van der Waals surface area (Å²) in [5.41, 5.74) is -0.631. The first-order valence-electron chi connectivity index (χ1n) is 8.55. The molecule has 0 radical (unpaired) electrons. The quantitative estimate of drug-likeness (QED) is 0.664. The van der Waals surface area contributed by atoms with Crippen molar-refractivity contribution < 1.29 is 14.3 Å². The van der Waals surface area contributed by atoms with Crippen LogP contribution in [0.3, 0.4) is 0 Å². The molecule has 0 aromatic carbocycles. The Bertz CT molecular complexity index is 300. The minimum absolute atomic E-state index is 0.167. The van der Waals surface area contributed by atoms with E-state index in [1.54, 1.807) is 0 Å². The van der Waals surface area contributed by atoms with Crippen molar-refractivity contribution in [3.63, 3.8) is 0 Å². The number of carbonyl (C=O) groups is 1. The Morgan fingerprint density at radius 1 is 1.24 bits per heavy atom. The predicted molar refractivity (Wildman–Crippen MR) is 85.3 cm³/mol. The van der Waals surface area contributed by atoms with Gasteiger partial charge in [0.25, 0.3) is 0 Å². The first kappa shape index (κ1) is 18.4. The number of ether oxygens (including phenoxy) is 2. The largest absolute Gasteiger partial charge is 0.465 e. The maximum atomic E-state index is 12.2. The van der Waals surface area contributed by atoms with Gasteiger partial charge in [-0.15, -0.1) is 0 Å². The summed E-state index contributed by atoms with van der Waals surface area (Å²) in [4.78, 5) is 12.2. The Kier molecular flexibility index (Phi) is 8.27. The highest BCUT2D eigenvalue weighted by atomic mass is 16.5. The van der Waals surface area contributed by atoms with Crippen molar-refractivity contribution in [3.05, 3.63) is 0 Å². The number of nitrogens with one attached hydrogen (secondary N) is 1. The Balaban J connectivity index is 2.39. The minimum atomic E-state index is -0.631. The van der Waals surface area contributed by atoms with Crippen LogP contribution < -0.4 is 5.32 Å². The molecule has 0 amide bonds. The summed E-state index contributed by atoms with van der Waals surface area (Å²) in [5, 5.41) is 3.32. The highest BCUT2D eigenvalue weighted by Crippen LogP contribution is 2.26. The van der Waals surface area contributed by atoms with E-state index in [0.717, 1.165) is 31.7 Å². The van der Waals surface area contributed by atoms with E-state index in [0.29, 0.717) is 25.7 Å². The molecule has 1 N–H and O–H groups in total. The lowest BCUT2D eigenvalue weighted by Crippen LogP contribution is -2.51. The second kappa shape index (κ2) is 9.42. The molecule has 1 aliphatic carbocycles. The second-order valence-electron chi connectivity index (χ2n) is 6.48. The number of hydrogen-bond donors (Lipinski definition) is 1. The molecule has 0 aromatic heterocycles. The first-order valence-corrected chi connectivity index (χ1v) is 8.55. The fourth-order valence-electron chi connectivity index (χ4n) is 2.78. The van der Waals surface area contributed by atoms with E-state index in [2.05, 4.69) is 19.2 Å². The molecule has 1 rings (SSSR count). The molecule has 124 valence electrons. The summed E-state index contributed by atoms with van der Waals surface area (Å²) in [6.45, 7) is 10.0. The molecule has 0 saturated heterocycles. The molecule has 4 nitrogen and oxygen atoms in total.